The SMILES string of the molecule is CCCCS(=O)(=O)Nc1oncc1-c1ccc(Cl)cc1. The molecule has 0 saturated carbocycles. The number of halogens is 1. The molecule has 1 aromatic carbocycles. The molecular formula is C13H15ClN2O3S. The molecule has 7 heteroatoms. The molecule has 0 radical (unpaired) electrons. The summed E-state index contributed by atoms with van der Waals surface area (Å²) >= 11 is 5.83. The monoisotopic (exact) mass is 314 g/mol. The van der Waals surface area contributed by atoms with Crippen LogP contribution in [-0.2, 0) is 10.0 Å². The normalized spacial score (nSPS) is 11.5. The minimum absolute atomic E-state index is 0.0598. The van der Waals surface area contributed by atoms with Crippen molar-refractivity contribution in [3.05, 3.63) is 35.5 Å². The first-order valence-corrected chi connectivity index (χ1v) is 8.26. The van der Waals surface area contributed by atoms with Crippen LogP contribution in [0.2, 0.25) is 5.02 Å². The first kappa shape index (κ1) is 14.9. The number of unbranched alkanes of at least 4 members (excludes halogenated alkanes) is 1. The summed E-state index contributed by atoms with van der Waals surface area (Å²) in [6.07, 6.45) is 2.88. The molecule has 1 aromatic heterocycles. The number of sulfonamides is 1. The lowest BCUT2D eigenvalue weighted by molar-refractivity contribution is 0.435. The largest absolute Gasteiger partial charge is 0.337 e. The van der Waals surface area contributed by atoms with Crippen LogP contribution < -0.4 is 4.72 Å². The van der Waals surface area contributed by atoms with Gasteiger partial charge in [-0.2, -0.15) is 0 Å². The summed E-state index contributed by atoms with van der Waals surface area (Å²) in [5, 5.41) is 4.26. The number of benzene rings is 1. The van der Waals surface area contributed by atoms with Crippen molar-refractivity contribution in [3.63, 3.8) is 0 Å². The number of rotatable bonds is 6. The van der Waals surface area contributed by atoms with Gasteiger partial charge in [0, 0.05) is 5.02 Å². The summed E-state index contributed by atoms with van der Waals surface area (Å²) in [5.41, 5.74) is 1.37. The highest BCUT2D eigenvalue weighted by atomic mass is 35.5. The Labute approximate surface area is 123 Å². The number of nitrogens with zero attached hydrogens (tertiary/aromatic N) is 1. The second-order valence-corrected chi connectivity index (χ2v) is 6.63. The minimum Gasteiger partial charge on any atom is -0.337 e. The lowest BCUT2D eigenvalue weighted by Gasteiger charge is -2.06. The Hall–Kier alpha value is -1.53. The van der Waals surface area contributed by atoms with Crippen molar-refractivity contribution >= 4 is 27.5 Å². The van der Waals surface area contributed by atoms with Crippen LogP contribution in [0.1, 0.15) is 19.8 Å². The molecule has 5 nitrogen and oxygen atoms in total. The molecule has 1 heterocycles. The Morgan fingerprint density at radius 3 is 2.65 bits per heavy atom. The van der Waals surface area contributed by atoms with Gasteiger partial charge in [-0.3, -0.25) is 4.72 Å². The van der Waals surface area contributed by atoms with E-state index in [9.17, 15) is 8.42 Å². The van der Waals surface area contributed by atoms with Gasteiger partial charge >= 0.3 is 0 Å². The molecule has 0 unspecified atom stereocenters. The average Bonchev–Trinajstić information content (AvgIpc) is 2.85. The van der Waals surface area contributed by atoms with Crippen molar-refractivity contribution in [1.82, 2.24) is 5.16 Å². The first-order chi connectivity index (χ1) is 9.52. The van der Waals surface area contributed by atoms with Gasteiger partial charge in [0.25, 0.3) is 0 Å². The van der Waals surface area contributed by atoms with Crippen molar-refractivity contribution in [2.24, 2.45) is 0 Å². The maximum atomic E-state index is 11.9. The van der Waals surface area contributed by atoms with Gasteiger partial charge in [-0.05, 0) is 24.1 Å². The van der Waals surface area contributed by atoms with E-state index in [-0.39, 0.29) is 11.6 Å². The summed E-state index contributed by atoms with van der Waals surface area (Å²) in [6, 6.07) is 7.00. The van der Waals surface area contributed by atoms with E-state index < -0.39 is 10.0 Å². The topological polar surface area (TPSA) is 72.2 Å². The van der Waals surface area contributed by atoms with Crippen molar-refractivity contribution in [2.45, 2.75) is 19.8 Å². The standard InChI is InChI=1S/C13H15ClN2O3S/c1-2-3-8-20(17,18)16-13-12(9-15-19-13)10-4-6-11(14)7-5-10/h4-7,9,16H,2-3,8H2,1H3. The van der Waals surface area contributed by atoms with E-state index >= 15 is 0 Å². The molecule has 0 fully saturated rings. The fraction of sp³-hybridized carbons (Fsp3) is 0.308. The van der Waals surface area contributed by atoms with Gasteiger partial charge in [0.2, 0.25) is 15.9 Å². The first-order valence-electron chi connectivity index (χ1n) is 6.23. The molecule has 0 aliphatic heterocycles. The molecule has 2 rings (SSSR count). The third-order valence-corrected chi connectivity index (χ3v) is 4.31. The maximum absolute atomic E-state index is 11.9. The van der Waals surface area contributed by atoms with Gasteiger partial charge in [0.1, 0.15) is 0 Å². The van der Waals surface area contributed by atoms with Crippen LogP contribution in [0.4, 0.5) is 5.88 Å². The van der Waals surface area contributed by atoms with Crippen molar-refractivity contribution in [3.8, 4) is 11.1 Å². The number of anilines is 1. The summed E-state index contributed by atoms with van der Waals surface area (Å²) in [4.78, 5) is 0. The molecule has 0 amide bonds. The molecule has 0 atom stereocenters. The summed E-state index contributed by atoms with van der Waals surface area (Å²) < 4.78 is 31.2. The zero-order valence-corrected chi connectivity index (χ0v) is 12.5. The third-order valence-electron chi connectivity index (χ3n) is 2.74. The zero-order valence-electron chi connectivity index (χ0n) is 11.0. The van der Waals surface area contributed by atoms with Crippen LogP contribution in [0.25, 0.3) is 11.1 Å². The number of hydrogen-bond acceptors (Lipinski definition) is 4. The van der Waals surface area contributed by atoms with Crippen molar-refractivity contribution in [2.75, 3.05) is 10.5 Å². The summed E-state index contributed by atoms with van der Waals surface area (Å²) in [6.45, 7) is 1.93. The molecule has 0 bridgehead atoms. The van der Waals surface area contributed by atoms with Crippen LogP contribution in [0.3, 0.4) is 0 Å². The van der Waals surface area contributed by atoms with E-state index in [0.717, 1.165) is 12.0 Å². The predicted molar refractivity (Wildman–Crippen MR) is 79.3 cm³/mol. The lowest BCUT2D eigenvalue weighted by atomic mass is 10.1. The van der Waals surface area contributed by atoms with Gasteiger partial charge in [0.15, 0.2) is 0 Å². The molecule has 108 valence electrons. The van der Waals surface area contributed by atoms with Crippen LogP contribution in [0, 0.1) is 0 Å². The summed E-state index contributed by atoms with van der Waals surface area (Å²) in [5.74, 6) is 0.188. The minimum atomic E-state index is -3.42. The van der Waals surface area contributed by atoms with Crippen LogP contribution in [0.5, 0.6) is 0 Å². The molecule has 0 aliphatic rings. The Morgan fingerprint density at radius 2 is 2.00 bits per heavy atom. The molecule has 0 spiro atoms. The van der Waals surface area contributed by atoms with Crippen LogP contribution >= 0.6 is 11.6 Å². The molecule has 0 aliphatic carbocycles. The van der Waals surface area contributed by atoms with Gasteiger partial charge in [-0.25, -0.2) is 8.42 Å². The maximum Gasteiger partial charge on any atom is 0.245 e. The predicted octanol–water partition coefficient (Wildman–Crippen LogP) is 3.54. The average molecular weight is 315 g/mol. The van der Waals surface area contributed by atoms with Gasteiger partial charge in [-0.1, -0.05) is 42.2 Å². The molecule has 20 heavy (non-hydrogen) atoms. The highest BCUT2D eigenvalue weighted by molar-refractivity contribution is 7.92. The van der Waals surface area contributed by atoms with E-state index in [2.05, 4.69) is 9.88 Å². The van der Waals surface area contributed by atoms with E-state index in [1.165, 1.54) is 6.20 Å². The van der Waals surface area contributed by atoms with Gasteiger partial charge in [0.05, 0.1) is 17.5 Å². The van der Waals surface area contributed by atoms with E-state index in [4.69, 9.17) is 16.1 Å². The smallest absolute Gasteiger partial charge is 0.245 e. The molecule has 2 aromatic rings. The zero-order chi connectivity index (χ0) is 14.6. The lowest BCUT2D eigenvalue weighted by Crippen LogP contribution is -2.16. The summed E-state index contributed by atoms with van der Waals surface area (Å²) in [7, 11) is -3.42. The Bertz CT molecular complexity index is 665. The quantitative estimate of drug-likeness (QED) is 0.885. The van der Waals surface area contributed by atoms with Crippen molar-refractivity contribution < 1.29 is 12.9 Å². The van der Waals surface area contributed by atoms with Gasteiger partial charge < -0.3 is 4.52 Å². The van der Waals surface area contributed by atoms with E-state index in [1.807, 2.05) is 6.92 Å². The second kappa shape index (κ2) is 6.28. The Morgan fingerprint density at radius 1 is 1.30 bits per heavy atom. The van der Waals surface area contributed by atoms with Crippen molar-refractivity contribution in [1.29, 1.82) is 0 Å². The fourth-order valence-corrected chi connectivity index (χ4v) is 3.00. The Balaban J connectivity index is 2.23. The molecule has 1 N–H and O–H groups in total. The Kier molecular flexibility index (Phi) is 4.67. The number of aromatic nitrogens is 1. The van der Waals surface area contributed by atoms with E-state index in [1.54, 1.807) is 24.3 Å². The van der Waals surface area contributed by atoms with E-state index in [0.29, 0.717) is 17.0 Å². The van der Waals surface area contributed by atoms with Gasteiger partial charge in [-0.15, -0.1) is 0 Å². The second-order valence-electron chi connectivity index (χ2n) is 4.35. The molecular weight excluding hydrogens is 300 g/mol. The van der Waals surface area contributed by atoms with Crippen LogP contribution in [-0.4, -0.2) is 19.3 Å². The third kappa shape index (κ3) is 3.74. The highest BCUT2D eigenvalue weighted by Crippen LogP contribution is 2.29. The molecule has 0 saturated heterocycles. The number of hydrogen-bond donors (Lipinski definition) is 1. The van der Waals surface area contributed by atoms with Crippen LogP contribution in [0.15, 0.2) is 35.0 Å². The number of nitrogens with one attached hydrogen (secondary N) is 1. The highest BCUT2D eigenvalue weighted by Gasteiger charge is 2.17. The fourth-order valence-electron chi connectivity index (χ4n) is 1.67.